The smallest absolute Gasteiger partial charge is 0.231 e. The molecule has 20 heavy (non-hydrogen) atoms. The number of imidazole rings is 1. The predicted molar refractivity (Wildman–Crippen MR) is 84.0 cm³/mol. The van der Waals surface area contributed by atoms with E-state index in [0.29, 0.717) is 5.95 Å². The van der Waals surface area contributed by atoms with Crippen LogP contribution in [0.2, 0.25) is 0 Å². The van der Waals surface area contributed by atoms with Crippen LogP contribution in [0.4, 0.5) is 5.95 Å². The second-order valence-electron chi connectivity index (χ2n) is 4.27. The van der Waals surface area contributed by atoms with Gasteiger partial charge in [-0.3, -0.25) is 0 Å². The van der Waals surface area contributed by atoms with Crippen LogP contribution >= 0.6 is 11.3 Å². The SMILES string of the molecule is Cc1ccsc1/C=N\C(N)=N/c1nc2ccccc2[nH]1. The summed E-state index contributed by atoms with van der Waals surface area (Å²) in [5.74, 6) is 0.639. The fraction of sp³-hybridized carbons (Fsp3) is 0.0714. The number of H-pyrrole nitrogens is 1. The van der Waals surface area contributed by atoms with E-state index in [1.54, 1.807) is 17.6 Å². The van der Waals surface area contributed by atoms with Crippen molar-refractivity contribution in [1.29, 1.82) is 0 Å². The van der Waals surface area contributed by atoms with Crippen molar-refractivity contribution in [3.63, 3.8) is 0 Å². The molecular formula is C14H13N5S. The molecule has 2 heterocycles. The molecule has 0 aliphatic heterocycles. The Morgan fingerprint density at radius 2 is 2.20 bits per heavy atom. The Hall–Kier alpha value is -2.47. The Labute approximate surface area is 119 Å². The van der Waals surface area contributed by atoms with Gasteiger partial charge in [0.25, 0.3) is 0 Å². The molecule has 1 aromatic carbocycles. The van der Waals surface area contributed by atoms with Crippen molar-refractivity contribution in [2.24, 2.45) is 15.7 Å². The minimum atomic E-state index is 0.178. The van der Waals surface area contributed by atoms with Crippen LogP contribution in [-0.4, -0.2) is 22.1 Å². The molecule has 0 bridgehead atoms. The number of rotatable bonds is 2. The van der Waals surface area contributed by atoms with Crippen LogP contribution < -0.4 is 5.73 Å². The summed E-state index contributed by atoms with van der Waals surface area (Å²) in [6, 6.07) is 9.76. The maximum atomic E-state index is 5.79. The Kier molecular flexibility index (Phi) is 3.30. The zero-order valence-electron chi connectivity index (χ0n) is 10.9. The third kappa shape index (κ3) is 2.60. The molecule has 100 valence electrons. The number of fused-ring (bicyclic) bond motifs is 1. The van der Waals surface area contributed by atoms with Gasteiger partial charge in [0, 0.05) is 11.1 Å². The van der Waals surface area contributed by atoms with Crippen molar-refractivity contribution in [3.8, 4) is 0 Å². The highest BCUT2D eigenvalue weighted by molar-refractivity contribution is 7.11. The largest absolute Gasteiger partial charge is 0.368 e. The monoisotopic (exact) mass is 283 g/mol. The lowest BCUT2D eigenvalue weighted by atomic mass is 10.3. The maximum absolute atomic E-state index is 5.79. The van der Waals surface area contributed by atoms with Crippen LogP contribution in [-0.2, 0) is 0 Å². The zero-order valence-corrected chi connectivity index (χ0v) is 11.7. The number of aromatic nitrogens is 2. The van der Waals surface area contributed by atoms with Gasteiger partial charge >= 0.3 is 0 Å². The van der Waals surface area contributed by atoms with Gasteiger partial charge in [0.05, 0.1) is 11.0 Å². The van der Waals surface area contributed by atoms with E-state index in [4.69, 9.17) is 5.73 Å². The second-order valence-corrected chi connectivity index (χ2v) is 5.22. The molecule has 0 fully saturated rings. The first-order valence-corrected chi connectivity index (χ1v) is 6.97. The summed E-state index contributed by atoms with van der Waals surface area (Å²) in [7, 11) is 0. The van der Waals surface area contributed by atoms with Gasteiger partial charge in [-0.05, 0) is 36.1 Å². The number of guanidine groups is 1. The summed E-state index contributed by atoms with van der Waals surface area (Å²) in [5, 5.41) is 2.02. The van der Waals surface area contributed by atoms with E-state index >= 15 is 0 Å². The minimum absolute atomic E-state index is 0.178. The van der Waals surface area contributed by atoms with Crippen LogP contribution in [0.3, 0.4) is 0 Å². The van der Waals surface area contributed by atoms with Crippen molar-refractivity contribution < 1.29 is 0 Å². The fourth-order valence-corrected chi connectivity index (χ4v) is 2.56. The standard InChI is InChI=1S/C14H13N5S/c1-9-6-7-20-12(9)8-16-13(15)19-14-17-10-4-2-3-5-11(10)18-14/h2-8H,1H3,(H3,15,17,18,19)/b16-8-. The number of aromatic amines is 1. The van der Waals surface area contributed by atoms with Crippen LogP contribution in [0.1, 0.15) is 10.4 Å². The van der Waals surface area contributed by atoms with Crippen molar-refractivity contribution in [3.05, 3.63) is 46.2 Å². The highest BCUT2D eigenvalue weighted by Gasteiger charge is 2.01. The van der Waals surface area contributed by atoms with Gasteiger partial charge in [-0.1, -0.05) is 12.1 Å². The predicted octanol–water partition coefficient (Wildman–Crippen LogP) is 3.00. The topological polar surface area (TPSA) is 79.4 Å². The number of aliphatic imine (C=N–C) groups is 2. The summed E-state index contributed by atoms with van der Waals surface area (Å²) in [4.78, 5) is 16.8. The van der Waals surface area contributed by atoms with E-state index in [1.165, 1.54) is 5.56 Å². The Balaban J connectivity index is 1.84. The molecule has 3 rings (SSSR count). The molecule has 3 N–H and O–H groups in total. The highest BCUT2D eigenvalue weighted by Crippen LogP contribution is 2.15. The third-order valence-corrected chi connectivity index (χ3v) is 3.77. The van der Waals surface area contributed by atoms with Gasteiger partial charge in [0.15, 0.2) is 0 Å². The average Bonchev–Trinajstić information content (AvgIpc) is 3.01. The van der Waals surface area contributed by atoms with E-state index in [-0.39, 0.29) is 5.96 Å². The number of benzene rings is 1. The van der Waals surface area contributed by atoms with Crippen molar-refractivity contribution in [2.45, 2.75) is 6.92 Å². The molecule has 0 saturated heterocycles. The summed E-state index contributed by atoms with van der Waals surface area (Å²) in [6.07, 6.45) is 1.72. The number of hydrogen-bond acceptors (Lipinski definition) is 3. The van der Waals surface area contributed by atoms with Crippen LogP contribution in [0.25, 0.3) is 11.0 Å². The lowest BCUT2D eigenvalue weighted by Gasteiger charge is -1.91. The minimum Gasteiger partial charge on any atom is -0.368 e. The van der Waals surface area contributed by atoms with Crippen molar-refractivity contribution in [1.82, 2.24) is 9.97 Å². The van der Waals surface area contributed by atoms with E-state index < -0.39 is 0 Å². The first-order chi connectivity index (χ1) is 9.72. The summed E-state index contributed by atoms with van der Waals surface area (Å²) >= 11 is 1.62. The molecule has 0 aliphatic rings. The van der Waals surface area contributed by atoms with E-state index in [0.717, 1.165) is 15.9 Å². The number of nitrogens with one attached hydrogen (secondary N) is 1. The molecule has 0 saturated carbocycles. The summed E-state index contributed by atoms with van der Waals surface area (Å²) in [6.45, 7) is 2.03. The first kappa shape index (κ1) is 12.6. The normalized spacial score (nSPS) is 12.6. The number of nitrogens with zero attached hydrogens (tertiary/aromatic N) is 3. The van der Waals surface area contributed by atoms with Gasteiger partial charge < -0.3 is 10.7 Å². The van der Waals surface area contributed by atoms with Gasteiger partial charge in [-0.15, -0.1) is 11.3 Å². The van der Waals surface area contributed by atoms with Crippen molar-refractivity contribution >= 4 is 40.5 Å². The number of para-hydroxylation sites is 2. The molecule has 3 aromatic rings. The van der Waals surface area contributed by atoms with Gasteiger partial charge in [-0.2, -0.15) is 4.99 Å². The van der Waals surface area contributed by atoms with Gasteiger partial charge in [0.2, 0.25) is 11.9 Å². The Morgan fingerprint density at radius 1 is 1.35 bits per heavy atom. The zero-order chi connectivity index (χ0) is 13.9. The highest BCUT2D eigenvalue weighted by atomic mass is 32.1. The lowest BCUT2D eigenvalue weighted by molar-refractivity contribution is 1.24. The number of aryl methyl sites for hydroxylation is 1. The molecule has 6 heteroatoms. The third-order valence-electron chi connectivity index (χ3n) is 2.81. The molecule has 0 atom stereocenters. The number of thiophene rings is 1. The van der Waals surface area contributed by atoms with Crippen molar-refractivity contribution in [2.75, 3.05) is 0 Å². The molecule has 5 nitrogen and oxygen atoms in total. The van der Waals surface area contributed by atoms with Gasteiger partial charge in [0.1, 0.15) is 0 Å². The molecule has 0 radical (unpaired) electrons. The Bertz CT molecular complexity index is 764. The van der Waals surface area contributed by atoms with E-state index in [9.17, 15) is 0 Å². The summed E-state index contributed by atoms with van der Waals surface area (Å²) < 4.78 is 0. The first-order valence-electron chi connectivity index (χ1n) is 6.09. The Morgan fingerprint density at radius 3 is 2.95 bits per heavy atom. The number of hydrogen-bond donors (Lipinski definition) is 2. The lowest BCUT2D eigenvalue weighted by Crippen LogP contribution is -2.08. The average molecular weight is 283 g/mol. The molecule has 0 unspecified atom stereocenters. The van der Waals surface area contributed by atoms with E-state index in [1.807, 2.05) is 42.6 Å². The summed E-state index contributed by atoms with van der Waals surface area (Å²) in [5.41, 5.74) is 8.75. The fourth-order valence-electron chi connectivity index (χ4n) is 1.77. The molecule has 0 aliphatic carbocycles. The number of nitrogens with two attached hydrogens (primary N) is 1. The molecule has 0 spiro atoms. The molecular weight excluding hydrogens is 270 g/mol. The van der Waals surface area contributed by atoms with Crippen LogP contribution in [0, 0.1) is 6.92 Å². The van der Waals surface area contributed by atoms with Gasteiger partial charge in [-0.25, -0.2) is 9.98 Å². The molecule has 0 amide bonds. The second kappa shape index (κ2) is 5.26. The molecule has 2 aromatic heterocycles. The van der Waals surface area contributed by atoms with Crippen LogP contribution in [0.5, 0.6) is 0 Å². The maximum Gasteiger partial charge on any atom is 0.231 e. The quantitative estimate of drug-likeness (QED) is 0.560. The van der Waals surface area contributed by atoms with E-state index in [2.05, 4.69) is 20.0 Å². The van der Waals surface area contributed by atoms with Crippen LogP contribution in [0.15, 0.2) is 45.7 Å².